The van der Waals surface area contributed by atoms with Gasteiger partial charge in [0.05, 0.1) is 19.5 Å². The summed E-state index contributed by atoms with van der Waals surface area (Å²) in [6.07, 6.45) is 0. The standard InChI is InChI=1S/C14H14ClO4P/c1-18-11-5-8-13(19-2)14(9-11)20(16,17)12-6-3-10(15)4-7-12/h3-9H,1-2H3,(H,16,17). The summed E-state index contributed by atoms with van der Waals surface area (Å²) in [6.45, 7) is 0. The van der Waals surface area contributed by atoms with Gasteiger partial charge < -0.3 is 14.4 Å². The van der Waals surface area contributed by atoms with Crippen molar-refractivity contribution in [2.24, 2.45) is 0 Å². The highest BCUT2D eigenvalue weighted by atomic mass is 35.5. The zero-order valence-electron chi connectivity index (χ0n) is 11.0. The second kappa shape index (κ2) is 5.88. The van der Waals surface area contributed by atoms with Crippen LogP contribution in [0.2, 0.25) is 5.02 Å². The van der Waals surface area contributed by atoms with Crippen molar-refractivity contribution in [3.63, 3.8) is 0 Å². The summed E-state index contributed by atoms with van der Waals surface area (Å²) in [7, 11) is -0.827. The Labute approximate surface area is 122 Å². The molecule has 1 unspecified atom stereocenters. The minimum absolute atomic E-state index is 0.196. The molecule has 0 aliphatic rings. The average molecular weight is 313 g/mol. The molecule has 4 nitrogen and oxygen atoms in total. The van der Waals surface area contributed by atoms with Gasteiger partial charge in [0.1, 0.15) is 11.5 Å². The summed E-state index contributed by atoms with van der Waals surface area (Å²) in [6, 6.07) is 11.0. The van der Waals surface area contributed by atoms with Crippen molar-refractivity contribution in [1.29, 1.82) is 0 Å². The second-order valence-electron chi connectivity index (χ2n) is 4.09. The number of benzene rings is 2. The van der Waals surface area contributed by atoms with Gasteiger partial charge in [0.2, 0.25) is 0 Å². The van der Waals surface area contributed by atoms with Gasteiger partial charge in [-0.05, 0) is 42.5 Å². The fourth-order valence-corrected chi connectivity index (χ4v) is 3.54. The van der Waals surface area contributed by atoms with E-state index >= 15 is 0 Å². The maximum Gasteiger partial charge on any atom is 0.262 e. The summed E-state index contributed by atoms with van der Waals surface area (Å²) < 4.78 is 23.0. The van der Waals surface area contributed by atoms with Crippen LogP contribution in [0.15, 0.2) is 42.5 Å². The molecule has 2 rings (SSSR count). The van der Waals surface area contributed by atoms with E-state index in [4.69, 9.17) is 21.1 Å². The van der Waals surface area contributed by atoms with Crippen LogP contribution in [0.1, 0.15) is 0 Å². The smallest absolute Gasteiger partial charge is 0.262 e. The van der Waals surface area contributed by atoms with Crippen LogP contribution in [0.5, 0.6) is 11.5 Å². The summed E-state index contributed by atoms with van der Waals surface area (Å²) >= 11 is 5.80. The summed E-state index contributed by atoms with van der Waals surface area (Å²) in [4.78, 5) is 10.5. The van der Waals surface area contributed by atoms with E-state index in [1.807, 2.05) is 0 Å². The molecule has 0 saturated carbocycles. The second-order valence-corrected chi connectivity index (χ2v) is 6.68. The molecule has 0 amide bonds. The van der Waals surface area contributed by atoms with E-state index < -0.39 is 7.37 Å². The number of hydrogen-bond acceptors (Lipinski definition) is 3. The third kappa shape index (κ3) is 2.83. The van der Waals surface area contributed by atoms with Crippen LogP contribution in [0.25, 0.3) is 0 Å². The molecule has 0 bridgehead atoms. The molecule has 0 fully saturated rings. The fourth-order valence-electron chi connectivity index (χ4n) is 1.82. The van der Waals surface area contributed by atoms with Crippen LogP contribution < -0.4 is 20.1 Å². The predicted octanol–water partition coefficient (Wildman–Crippen LogP) is 2.58. The minimum atomic E-state index is -3.78. The number of ether oxygens (including phenoxy) is 2. The number of hydrogen-bond donors (Lipinski definition) is 1. The zero-order chi connectivity index (χ0) is 14.8. The third-order valence-electron chi connectivity index (χ3n) is 2.89. The van der Waals surface area contributed by atoms with Gasteiger partial charge in [-0.3, -0.25) is 4.57 Å². The lowest BCUT2D eigenvalue weighted by Gasteiger charge is -2.16. The largest absolute Gasteiger partial charge is 0.497 e. The fraction of sp³-hybridized carbons (Fsp3) is 0.143. The molecule has 2 aromatic carbocycles. The van der Waals surface area contributed by atoms with E-state index in [-0.39, 0.29) is 10.6 Å². The Hall–Kier alpha value is -1.48. The highest BCUT2D eigenvalue weighted by molar-refractivity contribution is 7.73. The SMILES string of the molecule is COc1ccc(OC)c(P(=O)(O)c2ccc(Cl)cc2)c1. The Morgan fingerprint density at radius 2 is 1.70 bits per heavy atom. The van der Waals surface area contributed by atoms with Crippen molar-refractivity contribution in [1.82, 2.24) is 0 Å². The molecular formula is C14H14ClO4P. The normalized spacial score (nSPS) is 13.6. The van der Waals surface area contributed by atoms with Crippen LogP contribution in [0.4, 0.5) is 0 Å². The molecule has 1 atom stereocenters. The zero-order valence-corrected chi connectivity index (χ0v) is 12.7. The molecule has 6 heteroatoms. The summed E-state index contributed by atoms with van der Waals surface area (Å²) in [5.41, 5.74) is 0. The maximum absolute atomic E-state index is 12.8. The lowest BCUT2D eigenvalue weighted by molar-refractivity contribution is 0.404. The third-order valence-corrected chi connectivity index (χ3v) is 5.14. The quantitative estimate of drug-likeness (QED) is 0.882. The molecule has 0 aliphatic carbocycles. The van der Waals surface area contributed by atoms with Crippen molar-refractivity contribution < 1.29 is 18.9 Å². The molecule has 2 aromatic rings. The van der Waals surface area contributed by atoms with Crippen molar-refractivity contribution in [3.05, 3.63) is 47.5 Å². The molecule has 0 saturated heterocycles. The Kier molecular flexibility index (Phi) is 4.39. The van der Waals surface area contributed by atoms with Gasteiger partial charge in [0, 0.05) is 10.3 Å². The Bertz CT molecular complexity index is 655. The number of halogens is 1. The van der Waals surface area contributed by atoms with E-state index in [9.17, 15) is 9.46 Å². The van der Waals surface area contributed by atoms with Crippen molar-refractivity contribution >= 4 is 29.6 Å². The van der Waals surface area contributed by atoms with Crippen LogP contribution in [-0.2, 0) is 4.57 Å². The van der Waals surface area contributed by atoms with E-state index in [0.717, 1.165) is 0 Å². The summed E-state index contributed by atoms with van der Waals surface area (Å²) in [5.74, 6) is 0.829. The van der Waals surface area contributed by atoms with Gasteiger partial charge in [-0.1, -0.05) is 11.6 Å². The molecule has 106 valence electrons. The monoisotopic (exact) mass is 312 g/mol. The van der Waals surface area contributed by atoms with E-state index in [2.05, 4.69) is 0 Å². The van der Waals surface area contributed by atoms with E-state index in [1.54, 1.807) is 24.3 Å². The molecule has 0 spiro atoms. The minimum Gasteiger partial charge on any atom is -0.497 e. The van der Waals surface area contributed by atoms with Crippen LogP contribution in [-0.4, -0.2) is 19.1 Å². The van der Waals surface area contributed by atoms with E-state index in [1.165, 1.54) is 32.4 Å². The lowest BCUT2D eigenvalue weighted by Crippen LogP contribution is -2.17. The highest BCUT2D eigenvalue weighted by Gasteiger charge is 2.28. The first-order chi connectivity index (χ1) is 9.48. The Morgan fingerprint density at radius 1 is 1.05 bits per heavy atom. The van der Waals surface area contributed by atoms with Crippen molar-refractivity contribution in [2.75, 3.05) is 14.2 Å². The first kappa shape index (κ1) is 14.9. The Morgan fingerprint density at radius 3 is 2.25 bits per heavy atom. The van der Waals surface area contributed by atoms with E-state index in [0.29, 0.717) is 16.5 Å². The predicted molar refractivity (Wildman–Crippen MR) is 80.1 cm³/mol. The van der Waals surface area contributed by atoms with Gasteiger partial charge in [-0.15, -0.1) is 0 Å². The Balaban J connectivity index is 2.58. The van der Waals surface area contributed by atoms with Crippen LogP contribution >= 0.6 is 19.0 Å². The first-order valence-electron chi connectivity index (χ1n) is 5.80. The molecule has 0 radical (unpaired) electrons. The molecule has 1 N–H and O–H groups in total. The number of methoxy groups -OCH3 is 2. The topological polar surface area (TPSA) is 55.8 Å². The van der Waals surface area contributed by atoms with Gasteiger partial charge in [0.15, 0.2) is 0 Å². The van der Waals surface area contributed by atoms with Gasteiger partial charge in [-0.25, -0.2) is 0 Å². The molecule has 20 heavy (non-hydrogen) atoms. The molecule has 0 heterocycles. The molecular weight excluding hydrogens is 299 g/mol. The average Bonchev–Trinajstić information content (AvgIpc) is 2.47. The van der Waals surface area contributed by atoms with Gasteiger partial charge in [0.25, 0.3) is 7.37 Å². The van der Waals surface area contributed by atoms with Crippen molar-refractivity contribution in [3.8, 4) is 11.5 Å². The maximum atomic E-state index is 12.8. The van der Waals surface area contributed by atoms with Gasteiger partial charge in [-0.2, -0.15) is 0 Å². The molecule has 0 aliphatic heterocycles. The lowest BCUT2D eigenvalue weighted by atomic mass is 10.3. The summed E-state index contributed by atoms with van der Waals surface area (Å²) in [5, 5.41) is 0.987. The van der Waals surface area contributed by atoms with Crippen LogP contribution in [0, 0.1) is 0 Å². The highest BCUT2D eigenvalue weighted by Crippen LogP contribution is 2.42. The van der Waals surface area contributed by atoms with Crippen molar-refractivity contribution in [2.45, 2.75) is 0 Å². The van der Waals surface area contributed by atoms with Gasteiger partial charge >= 0.3 is 0 Å². The number of rotatable bonds is 4. The molecule has 0 aromatic heterocycles. The van der Waals surface area contributed by atoms with Crippen LogP contribution in [0.3, 0.4) is 0 Å². The first-order valence-corrected chi connectivity index (χ1v) is 7.84.